The minimum Gasteiger partial charge on any atom is -0.496 e. The van der Waals surface area contributed by atoms with E-state index in [2.05, 4.69) is 20.9 Å². The highest BCUT2D eigenvalue weighted by Gasteiger charge is 2.09. The lowest BCUT2D eigenvalue weighted by Gasteiger charge is -2.27. The second kappa shape index (κ2) is 9.27. The van der Waals surface area contributed by atoms with Crippen molar-refractivity contribution in [1.29, 1.82) is 0 Å². The molecule has 2 amide bonds. The topological polar surface area (TPSA) is 65.6 Å². The van der Waals surface area contributed by atoms with Gasteiger partial charge in [-0.3, -0.25) is 4.90 Å². The minimum absolute atomic E-state index is 0.106. The normalized spacial score (nSPS) is 15.3. The number of urea groups is 1. The molecule has 0 bridgehead atoms. The van der Waals surface area contributed by atoms with E-state index in [-0.39, 0.29) is 6.03 Å². The summed E-state index contributed by atoms with van der Waals surface area (Å²) in [5.74, 6) is 0.864. The Kier molecular flexibility index (Phi) is 6.99. The number of benzene rings is 1. The molecule has 1 aliphatic rings. The lowest BCUT2D eigenvalue weighted by molar-refractivity contribution is 0.227. The lowest BCUT2D eigenvalue weighted by Crippen LogP contribution is -2.47. The third-order valence-electron chi connectivity index (χ3n) is 3.80. The Hall–Kier alpha value is -1.79. The Morgan fingerprint density at radius 2 is 1.95 bits per heavy atom. The predicted molar refractivity (Wildman–Crippen MR) is 87.4 cm³/mol. The molecule has 0 atom stereocenters. The van der Waals surface area contributed by atoms with Crippen LogP contribution in [0.2, 0.25) is 0 Å². The average Bonchev–Trinajstić information content (AvgIpc) is 2.56. The molecule has 0 radical (unpaired) electrons. The molecular weight excluding hydrogens is 280 g/mol. The Balaban J connectivity index is 1.59. The summed E-state index contributed by atoms with van der Waals surface area (Å²) in [6, 6.07) is 7.76. The molecule has 22 heavy (non-hydrogen) atoms. The fourth-order valence-electron chi connectivity index (χ4n) is 2.54. The number of carbonyl (C=O) groups is 1. The number of amides is 2. The fourth-order valence-corrected chi connectivity index (χ4v) is 2.54. The highest BCUT2D eigenvalue weighted by Crippen LogP contribution is 2.17. The second-order valence-corrected chi connectivity index (χ2v) is 5.34. The van der Waals surface area contributed by atoms with Crippen molar-refractivity contribution < 1.29 is 9.53 Å². The van der Waals surface area contributed by atoms with E-state index in [0.717, 1.165) is 50.5 Å². The van der Waals surface area contributed by atoms with E-state index in [1.165, 1.54) is 0 Å². The van der Waals surface area contributed by atoms with Crippen LogP contribution in [0, 0.1) is 0 Å². The number of ether oxygens (including phenoxy) is 1. The summed E-state index contributed by atoms with van der Waals surface area (Å²) in [5.41, 5.74) is 1.10. The average molecular weight is 306 g/mol. The summed E-state index contributed by atoms with van der Waals surface area (Å²) in [6.07, 6.45) is 0.759. The van der Waals surface area contributed by atoms with Crippen LogP contribution in [0.25, 0.3) is 0 Å². The van der Waals surface area contributed by atoms with Gasteiger partial charge >= 0.3 is 6.03 Å². The zero-order chi connectivity index (χ0) is 15.6. The first-order valence-corrected chi connectivity index (χ1v) is 7.86. The highest BCUT2D eigenvalue weighted by molar-refractivity contribution is 5.73. The van der Waals surface area contributed by atoms with Crippen molar-refractivity contribution in [2.45, 2.75) is 6.42 Å². The van der Waals surface area contributed by atoms with Gasteiger partial charge in [0.1, 0.15) is 5.75 Å². The van der Waals surface area contributed by atoms with Crippen LogP contribution in [0.5, 0.6) is 5.75 Å². The van der Waals surface area contributed by atoms with Crippen molar-refractivity contribution in [1.82, 2.24) is 20.9 Å². The van der Waals surface area contributed by atoms with Crippen LogP contribution < -0.4 is 20.7 Å². The van der Waals surface area contributed by atoms with Gasteiger partial charge in [0.2, 0.25) is 0 Å². The lowest BCUT2D eigenvalue weighted by atomic mass is 10.1. The molecule has 2 rings (SSSR count). The molecule has 0 aliphatic carbocycles. The number of carbonyl (C=O) groups excluding carboxylic acids is 1. The first kappa shape index (κ1) is 16.6. The number of nitrogens with zero attached hydrogens (tertiary/aromatic N) is 1. The van der Waals surface area contributed by atoms with Gasteiger partial charge < -0.3 is 20.7 Å². The first-order valence-electron chi connectivity index (χ1n) is 7.86. The largest absolute Gasteiger partial charge is 0.496 e. The molecule has 1 aromatic rings. The van der Waals surface area contributed by atoms with Gasteiger partial charge in [0.05, 0.1) is 7.11 Å². The summed E-state index contributed by atoms with van der Waals surface area (Å²) in [6.45, 7) is 6.35. The Morgan fingerprint density at radius 1 is 1.23 bits per heavy atom. The van der Waals surface area contributed by atoms with Crippen molar-refractivity contribution in [2.24, 2.45) is 0 Å². The number of methoxy groups -OCH3 is 1. The quantitative estimate of drug-likeness (QED) is 0.684. The molecule has 6 heteroatoms. The molecule has 0 aromatic heterocycles. The molecular formula is C16H26N4O2. The monoisotopic (exact) mass is 306 g/mol. The summed E-state index contributed by atoms with van der Waals surface area (Å²) >= 11 is 0. The molecule has 0 saturated carbocycles. The van der Waals surface area contributed by atoms with E-state index < -0.39 is 0 Å². The molecule has 122 valence electrons. The van der Waals surface area contributed by atoms with Crippen molar-refractivity contribution in [3.8, 4) is 5.75 Å². The zero-order valence-corrected chi connectivity index (χ0v) is 13.2. The Bertz CT molecular complexity index is 461. The molecule has 1 saturated heterocycles. The van der Waals surface area contributed by atoms with Gasteiger partial charge in [-0.2, -0.15) is 0 Å². The Labute approximate surface area is 132 Å². The molecule has 0 spiro atoms. The van der Waals surface area contributed by atoms with E-state index in [0.29, 0.717) is 13.1 Å². The van der Waals surface area contributed by atoms with Gasteiger partial charge in [-0.05, 0) is 18.1 Å². The van der Waals surface area contributed by atoms with E-state index >= 15 is 0 Å². The maximum Gasteiger partial charge on any atom is 0.314 e. The maximum atomic E-state index is 11.7. The number of rotatable bonds is 7. The second-order valence-electron chi connectivity index (χ2n) is 5.34. The predicted octanol–water partition coefficient (Wildman–Crippen LogP) is 0.442. The number of para-hydroxylation sites is 1. The van der Waals surface area contributed by atoms with Crippen molar-refractivity contribution >= 4 is 6.03 Å². The molecule has 1 heterocycles. The van der Waals surface area contributed by atoms with Crippen molar-refractivity contribution in [3.05, 3.63) is 29.8 Å². The SMILES string of the molecule is COc1ccccc1CCNC(=O)NCCN1CCNCC1. The molecule has 1 aliphatic heterocycles. The highest BCUT2D eigenvalue weighted by atomic mass is 16.5. The van der Waals surface area contributed by atoms with Gasteiger partial charge in [-0.15, -0.1) is 0 Å². The van der Waals surface area contributed by atoms with Crippen LogP contribution >= 0.6 is 0 Å². The van der Waals surface area contributed by atoms with Crippen LogP contribution in [0.3, 0.4) is 0 Å². The van der Waals surface area contributed by atoms with Crippen LogP contribution in [-0.2, 0) is 6.42 Å². The van der Waals surface area contributed by atoms with Gasteiger partial charge in [0, 0.05) is 45.8 Å². The van der Waals surface area contributed by atoms with Crippen LogP contribution in [-0.4, -0.2) is 63.9 Å². The standard InChI is InChI=1S/C16H26N4O2/c1-22-15-5-3-2-4-14(15)6-7-18-16(21)19-10-13-20-11-8-17-9-12-20/h2-5,17H,6-13H2,1H3,(H2,18,19,21). The van der Waals surface area contributed by atoms with Crippen molar-refractivity contribution in [3.63, 3.8) is 0 Å². The summed E-state index contributed by atoms with van der Waals surface area (Å²) in [5, 5.41) is 9.10. The van der Waals surface area contributed by atoms with Crippen molar-refractivity contribution in [2.75, 3.05) is 52.9 Å². The zero-order valence-electron chi connectivity index (χ0n) is 13.2. The number of nitrogens with one attached hydrogen (secondary N) is 3. The van der Waals surface area contributed by atoms with E-state index in [4.69, 9.17) is 4.74 Å². The third-order valence-corrected chi connectivity index (χ3v) is 3.80. The first-order chi connectivity index (χ1) is 10.8. The molecule has 1 fully saturated rings. The molecule has 6 nitrogen and oxygen atoms in total. The molecule has 0 unspecified atom stereocenters. The van der Waals surface area contributed by atoms with E-state index in [9.17, 15) is 4.79 Å². The summed E-state index contributed by atoms with van der Waals surface area (Å²) < 4.78 is 5.30. The van der Waals surface area contributed by atoms with E-state index in [1.54, 1.807) is 7.11 Å². The summed E-state index contributed by atoms with van der Waals surface area (Å²) in [7, 11) is 1.66. The fraction of sp³-hybridized carbons (Fsp3) is 0.562. The van der Waals surface area contributed by atoms with Crippen LogP contribution in [0.4, 0.5) is 4.79 Å². The van der Waals surface area contributed by atoms with Gasteiger partial charge in [-0.25, -0.2) is 4.79 Å². The van der Waals surface area contributed by atoms with Gasteiger partial charge in [0.25, 0.3) is 0 Å². The third kappa shape index (κ3) is 5.54. The summed E-state index contributed by atoms with van der Waals surface area (Å²) in [4.78, 5) is 14.1. The Morgan fingerprint density at radius 3 is 2.73 bits per heavy atom. The number of piperazine rings is 1. The van der Waals surface area contributed by atoms with Crippen LogP contribution in [0.1, 0.15) is 5.56 Å². The number of hydrogen-bond donors (Lipinski definition) is 3. The minimum atomic E-state index is -0.106. The van der Waals surface area contributed by atoms with Gasteiger partial charge in [-0.1, -0.05) is 18.2 Å². The molecule has 1 aromatic carbocycles. The smallest absolute Gasteiger partial charge is 0.314 e. The van der Waals surface area contributed by atoms with Gasteiger partial charge in [0.15, 0.2) is 0 Å². The van der Waals surface area contributed by atoms with E-state index in [1.807, 2.05) is 24.3 Å². The molecule has 3 N–H and O–H groups in total. The number of hydrogen-bond acceptors (Lipinski definition) is 4. The van der Waals surface area contributed by atoms with Crippen LogP contribution in [0.15, 0.2) is 24.3 Å². The maximum absolute atomic E-state index is 11.7.